The highest BCUT2D eigenvalue weighted by atomic mass is 79.9. The number of methoxy groups -OCH3 is 1. The molecule has 0 atom stereocenters. The second kappa shape index (κ2) is 7.35. The Morgan fingerprint density at radius 2 is 2.12 bits per heavy atom. The third-order valence-corrected chi connectivity index (χ3v) is 3.77. The third-order valence-electron chi connectivity index (χ3n) is 3.21. The molecule has 0 bridgehead atoms. The van der Waals surface area contributed by atoms with Crippen LogP contribution in [0.2, 0.25) is 0 Å². The van der Waals surface area contributed by atoms with Crippen LogP contribution in [0.1, 0.15) is 21.0 Å². The molecular formula is C15H10BrFN6O3. The predicted octanol–water partition coefficient (Wildman–Crippen LogP) is 2.00. The second-order valence-corrected chi connectivity index (χ2v) is 5.60. The summed E-state index contributed by atoms with van der Waals surface area (Å²) in [5.74, 6) is -1.81. The molecule has 0 saturated heterocycles. The van der Waals surface area contributed by atoms with Gasteiger partial charge in [0.25, 0.3) is 5.91 Å². The number of nitrogens with one attached hydrogen (secondary N) is 1. The number of carbonyl (C=O) groups excluding carboxylic acids is 2. The molecule has 26 heavy (non-hydrogen) atoms. The molecule has 3 aromatic heterocycles. The number of esters is 1. The molecule has 0 unspecified atom stereocenters. The van der Waals surface area contributed by atoms with Gasteiger partial charge in [0.15, 0.2) is 23.0 Å². The fourth-order valence-electron chi connectivity index (χ4n) is 1.98. The third kappa shape index (κ3) is 3.57. The van der Waals surface area contributed by atoms with Crippen LogP contribution in [0, 0.1) is 5.82 Å². The van der Waals surface area contributed by atoms with Crippen molar-refractivity contribution in [1.82, 2.24) is 24.7 Å². The van der Waals surface area contributed by atoms with Gasteiger partial charge in [-0.1, -0.05) is 0 Å². The van der Waals surface area contributed by atoms with Crippen molar-refractivity contribution >= 4 is 33.5 Å². The van der Waals surface area contributed by atoms with Crippen molar-refractivity contribution in [2.24, 2.45) is 0 Å². The van der Waals surface area contributed by atoms with Gasteiger partial charge in [-0.25, -0.2) is 19.2 Å². The van der Waals surface area contributed by atoms with Crippen LogP contribution in [0.25, 0.3) is 5.82 Å². The van der Waals surface area contributed by atoms with E-state index in [4.69, 9.17) is 0 Å². The Morgan fingerprint density at radius 3 is 2.73 bits per heavy atom. The van der Waals surface area contributed by atoms with Gasteiger partial charge in [-0.15, -0.1) is 10.2 Å². The molecule has 0 aromatic carbocycles. The van der Waals surface area contributed by atoms with E-state index in [-0.39, 0.29) is 21.7 Å². The largest absolute Gasteiger partial charge is 0.464 e. The lowest BCUT2D eigenvalue weighted by molar-refractivity contribution is 0.0595. The smallest absolute Gasteiger partial charge is 0.358 e. The van der Waals surface area contributed by atoms with Crippen LogP contribution < -0.4 is 5.32 Å². The summed E-state index contributed by atoms with van der Waals surface area (Å²) in [6.07, 6.45) is 4.77. The Kier molecular flexibility index (Phi) is 4.98. The molecule has 0 saturated carbocycles. The lowest BCUT2D eigenvalue weighted by Gasteiger charge is -2.10. The first kappa shape index (κ1) is 17.6. The van der Waals surface area contributed by atoms with Crippen LogP contribution >= 0.6 is 15.9 Å². The maximum atomic E-state index is 13.7. The van der Waals surface area contributed by atoms with Gasteiger partial charge in [0, 0.05) is 18.5 Å². The summed E-state index contributed by atoms with van der Waals surface area (Å²) in [6, 6.07) is 3.94. The minimum absolute atomic E-state index is 0.0343. The van der Waals surface area contributed by atoms with Crippen LogP contribution in [0.5, 0.6) is 0 Å². The van der Waals surface area contributed by atoms with Crippen molar-refractivity contribution in [2.75, 3.05) is 12.4 Å². The minimum Gasteiger partial charge on any atom is -0.464 e. The van der Waals surface area contributed by atoms with Gasteiger partial charge in [0.05, 0.1) is 12.8 Å². The first-order valence-corrected chi connectivity index (χ1v) is 7.86. The number of amides is 1. The number of anilines is 1. The first-order valence-electron chi connectivity index (χ1n) is 7.07. The Hall–Kier alpha value is -3.21. The van der Waals surface area contributed by atoms with Crippen molar-refractivity contribution in [3.05, 3.63) is 58.7 Å². The SMILES string of the molecule is COC(=O)c1nc(Br)c(F)cc1NC(=O)c1ccc(-n2ccnc2)nn1. The Morgan fingerprint density at radius 1 is 1.31 bits per heavy atom. The zero-order valence-electron chi connectivity index (χ0n) is 13.2. The van der Waals surface area contributed by atoms with Crippen molar-refractivity contribution < 1.29 is 18.7 Å². The quantitative estimate of drug-likeness (QED) is 0.507. The van der Waals surface area contributed by atoms with Crippen molar-refractivity contribution in [3.8, 4) is 5.82 Å². The Balaban J connectivity index is 1.86. The lowest BCUT2D eigenvalue weighted by Crippen LogP contribution is -2.19. The van der Waals surface area contributed by atoms with Gasteiger partial charge < -0.3 is 10.1 Å². The van der Waals surface area contributed by atoms with Gasteiger partial charge in [-0.05, 0) is 28.1 Å². The number of rotatable bonds is 4. The molecule has 3 rings (SSSR count). The van der Waals surface area contributed by atoms with Gasteiger partial charge in [0.2, 0.25) is 0 Å². The zero-order chi connectivity index (χ0) is 18.7. The number of nitrogens with zero attached hydrogens (tertiary/aromatic N) is 5. The van der Waals surface area contributed by atoms with E-state index in [1.54, 1.807) is 23.0 Å². The number of aromatic nitrogens is 5. The molecule has 0 aliphatic carbocycles. The van der Waals surface area contributed by atoms with E-state index in [0.717, 1.165) is 13.2 Å². The number of halogens is 2. The average Bonchev–Trinajstić information content (AvgIpc) is 3.18. The highest BCUT2D eigenvalue weighted by Crippen LogP contribution is 2.22. The summed E-state index contributed by atoms with van der Waals surface area (Å²) in [4.78, 5) is 31.7. The maximum absolute atomic E-state index is 13.7. The summed E-state index contributed by atoms with van der Waals surface area (Å²) in [7, 11) is 1.15. The summed E-state index contributed by atoms with van der Waals surface area (Å²) in [5.41, 5.74) is -0.437. The summed E-state index contributed by atoms with van der Waals surface area (Å²) < 4.78 is 19.8. The summed E-state index contributed by atoms with van der Waals surface area (Å²) in [5, 5.41) is 10.1. The molecule has 0 spiro atoms. The molecule has 0 aliphatic heterocycles. The molecule has 11 heteroatoms. The van der Waals surface area contributed by atoms with Gasteiger partial charge in [0.1, 0.15) is 10.9 Å². The number of pyridine rings is 1. The standard InChI is InChI=1S/C15H10BrFN6O3/c1-26-15(25)12-10(6-8(17)13(16)20-12)19-14(24)9-2-3-11(22-21-9)23-5-4-18-7-23/h2-7H,1H3,(H,19,24). The monoisotopic (exact) mass is 420 g/mol. The highest BCUT2D eigenvalue weighted by molar-refractivity contribution is 9.10. The first-order chi connectivity index (χ1) is 12.5. The zero-order valence-corrected chi connectivity index (χ0v) is 14.8. The molecule has 3 heterocycles. The summed E-state index contributed by atoms with van der Waals surface area (Å²) in [6.45, 7) is 0. The van der Waals surface area contributed by atoms with Gasteiger partial charge >= 0.3 is 5.97 Å². The van der Waals surface area contributed by atoms with Crippen molar-refractivity contribution in [2.45, 2.75) is 0 Å². The second-order valence-electron chi connectivity index (χ2n) is 4.85. The molecule has 0 aliphatic rings. The Bertz CT molecular complexity index is 962. The van der Waals surface area contributed by atoms with Crippen LogP contribution in [0.4, 0.5) is 10.1 Å². The number of hydrogen-bond donors (Lipinski definition) is 1. The molecule has 0 radical (unpaired) electrons. The molecule has 1 amide bonds. The normalized spacial score (nSPS) is 10.4. The van der Waals surface area contributed by atoms with Crippen molar-refractivity contribution in [3.63, 3.8) is 0 Å². The fourth-order valence-corrected chi connectivity index (χ4v) is 2.27. The highest BCUT2D eigenvalue weighted by Gasteiger charge is 2.20. The van der Waals surface area contributed by atoms with Crippen LogP contribution in [-0.2, 0) is 4.74 Å². The van der Waals surface area contributed by atoms with E-state index in [1.807, 2.05) is 0 Å². The van der Waals surface area contributed by atoms with Crippen LogP contribution in [-0.4, -0.2) is 43.7 Å². The van der Waals surface area contributed by atoms with E-state index in [0.29, 0.717) is 5.82 Å². The van der Waals surface area contributed by atoms with E-state index < -0.39 is 17.7 Å². The number of imidazole rings is 1. The number of ether oxygens (including phenoxy) is 1. The lowest BCUT2D eigenvalue weighted by atomic mass is 10.2. The number of hydrogen-bond acceptors (Lipinski definition) is 7. The van der Waals surface area contributed by atoms with Crippen LogP contribution in [0.15, 0.2) is 41.5 Å². The fraction of sp³-hybridized carbons (Fsp3) is 0.0667. The molecule has 132 valence electrons. The Labute approximate surface area is 154 Å². The van der Waals surface area contributed by atoms with E-state index in [2.05, 4.69) is 46.1 Å². The predicted molar refractivity (Wildman–Crippen MR) is 90.3 cm³/mol. The van der Waals surface area contributed by atoms with Gasteiger partial charge in [-0.3, -0.25) is 9.36 Å². The van der Waals surface area contributed by atoms with Gasteiger partial charge in [-0.2, -0.15) is 0 Å². The summed E-state index contributed by atoms with van der Waals surface area (Å²) >= 11 is 2.88. The molecule has 0 fully saturated rings. The van der Waals surface area contributed by atoms with E-state index in [1.165, 1.54) is 12.4 Å². The molecule has 9 nitrogen and oxygen atoms in total. The van der Waals surface area contributed by atoms with E-state index >= 15 is 0 Å². The van der Waals surface area contributed by atoms with Crippen LogP contribution in [0.3, 0.4) is 0 Å². The maximum Gasteiger partial charge on any atom is 0.358 e. The van der Waals surface area contributed by atoms with E-state index in [9.17, 15) is 14.0 Å². The average molecular weight is 421 g/mol. The minimum atomic E-state index is -0.831. The number of carbonyl (C=O) groups is 2. The molecule has 1 N–H and O–H groups in total. The molecule has 3 aromatic rings. The topological polar surface area (TPSA) is 112 Å². The molecular weight excluding hydrogens is 411 g/mol. The van der Waals surface area contributed by atoms with Crippen molar-refractivity contribution in [1.29, 1.82) is 0 Å².